The van der Waals surface area contributed by atoms with Crippen molar-refractivity contribution in [2.75, 3.05) is 0 Å². The molecule has 0 amide bonds. The van der Waals surface area contributed by atoms with Crippen LogP contribution in [0.2, 0.25) is 0 Å². The Morgan fingerprint density at radius 3 is 2.85 bits per heavy atom. The standard InChI is InChI=1S/C9H8N2S2/c10-13-9-4-3-8(12-9)7-2-1-5-11-6-7/h1-6H,10H2. The molecule has 2 rings (SSSR count). The Labute approximate surface area is 84.9 Å². The molecule has 0 radical (unpaired) electrons. The zero-order valence-electron chi connectivity index (χ0n) is 6.81. The fourth-order valence-electron chi connectivity index (χ4n) is 1.05. The van der Waals surface area contributed by atoms with Gasteiger partial charge in [0.1, 0.15) is 0 Å². The van der Waals surface area contributed by atoms with Crippen molar-refractivity contribution in [2.45, 2.75) is 4.21 Å². The molecular weight excluding hydrogens is 200 g/mol. The Bertz CT molecular complexity index is 384. The van der Waals surface area contributed by atoms with E-state index in [0.717, 1.165) is 9.77 Å². The number of hydrogen-bond acceptors (Lipinski definition) is 4. The van der Waals surface area contributed by atoms with Crippen LogP contribution in [-0.2, 0) is 0 Å². The largest absolute Gasteiger partial charge is 0.273 e. The van der Waals surface area contributed by atoms with Crippen LogP contribution in [0, 0.1) is 0 Å². The topological polar surface area (TPSA) is 38.9 Å². The second kappa shape index (κ2) is 3.91. The molecule has 2 N–H and O–H groups in total. The Balaban J connectivity index is 2.36. The molecule has 2 aromatic heterocycles. The molecule has 0 bridgehead atoms. The van der Waals surface area contributed by atoms with Crippen molar-refractivity contribution in [3.05, 3.63) is 36.7 Å². The second-order valence-electron chi connectivity index (χ2n) is 2.48. The summed E-state index contributed by atoms with van der Waals surface area (Å²) < 4.78 is 1.12. The lowest BCUT2D eigenvalue weighted by atomic mass is 10.2. The maximum atomic E-state index is 5.45. The van der Waals surface area contributed by atoms with Crippen LogP contribution in [0.25, 0.3) is 10.4 Å². The minimum absolute atomic E-state index is 1.12. The van der Waals surface area contributed by atoms with E-state index in [1.807, 2.05) is 24.4 Å². The summed E-state index contributed by atoms with van der Waals surface area (Å²) in [5.41, 5.74) is 1.15. The summed E-state index contributed by atoms with van der Waals surface area (Å²) in [6.45, 7) is 0. The normalized spacial score (nSPS) is 10.2. The van der Waals surface area contributed by atoms with Gasteiger partial charge < -0.3 is 0 Å². The van der Waals surface area contributed by atoms with Crippen molar-refractivity contribution in [3.63, 3.8) is 0 Å². The highest BCUT2D eigenvalue weighted by molar-refractivity contribution is 7.99. The smallest absolute Gasteiger partial charge is 0.0755 e. The van der Waals surface area contributed by atoms with Crippen LogP contribution in [0.15, 0.2) is 40.9 Å². The van der Waals surface area contributed by atoms with Crippen LogP contribution in [0.3, 0.4) is 0 Å². The second-order valence-corrected chi connectivity index (χ2v) is 4.50. The predicted octanol–water partition coefficient (Wildman–Crippen LogP) is 2.78. The first-order valence-electron chi connectivity index (χ1n) is 3.77. The van der Waals surface area contributed by atoms with Gasteiger partial charge >= 0.3 is 0 Å². The molecule has 2 heterocycles. The van der Waals surface area contributed by atoms with Gasteiger partial charge in [0.2, 0.25) is 0 Å². The first kappa shape index (κ1) is 8.74. The van der Waals surface area contributed by atoms with Gasteiger partial charge in [-0.15, -0.1) is 11.3 Å². The molecule has 0 spiro atoms. The lowest BCUT2D eigenvalue weighted by Gasteiger charge is -1.93. The molecule has 13 heavy (non-hydrogen) atoms. The van der Waals surface area contributed by atoms with Crippen molar-refractivity contribution in [1.82, 2.24) is 4.98 Å². The van der Waals surface area contributed by atoms with Crippen molar-refractivity contribution in [1.29, 1.82) is 0 Å². The third-order valence-corrected chi connectivity index (χ3v) is 3.48. The quantitative estimate of drug-likeness (QED) is 0.771. The van der Waals surface area contributed by atoms with E-state index in [4.69, 9.17) is 5.14 Å². The summed E-state index contributed by atoms with van der Waals surface area (Å²) >= 11 is 2.97. The third kappa shape index (κ3) is 1.91. The van der Waals surface area contributed by atoms with Crippen LogP contribution >= 0.6 is 23.3 Å². The van der Waals surface area contributed by atoms with Crippen LogP contribution < -0.4 is 5.14 Å². The van der Waals surface area contributed by atoms with Crippen LogP contribution in [-0.4, -0.2) is 4.98 Å². The van der Waals surface area contributed by atoms with Gasteiger partial charge in [0.15, 0.2) is 0 Å². The number of thiophene rings is 1. The first-order valence-corrected chi connectivity index (χ1v) is 5.47. The van der Waals surface area contributed by atoms with E-state index in [2.05, 4.69) is 11.1 Å². The molecule has 66 valence electrons. The minimum Gasteiger partial charge on any atom is -0.273 e. The number of nitrogens with two attached hydrogens (primary N) is 1. The highest BCUT2D eigenvalue weighted by Gasteiger charge is 2.01. The fourth-order valence-corrected chi connectivity index (χ4v) is 2.38. The van der Waals surface area contributed by atoms with E-state index >= 15 is 0 Å². The molecule has 0 aliphatic rings. The summed E-state index contributed by atoms with van der Waals surface area (Å²) in [4.78, 5) is 5.27. The van der Waals surface area contributed by atoms with Crippen molar-refractivity contribution in [3.8, 4) is 10.4 Å². The molecule has 2 nitrogen and oxygen atoms in total. The van der Waals surface area contributed by atoms with Gasteiger partial charge in [-0.05, 0) is 30.1 Å². The number of aromatic nitrogens is 1. The van der Waals surface area contributed by atoms with E-state index in [1.54, 1.807) is 17.5 Å². The lowest BCUT2D eigenvalue weighted by molar-refractivity contribution is 1.33. The summed E-state index contributed by atoms with van der Waals surface area (Å²) in [6, 6.07) is 8.07. The van der Waals surface area contributed by atoms with E-state index in [-0.39, 0.29) is 0 Å². The summed E-state index contributed by atoms with van der Waals surface area (Å²) in [7, 11) is 0. The van der Waals surface area contributed by atoms with Crippen LogP contribution in [0.4, 0.5) is 0 Å². The zero-order valence-corrected chi connectivity index (χ0v) is 8.44. The number of pyridine rings is 1. The summed E-state index contributed by atoms with van der Waals surface area (Å²) in [6.07, 6.45) is 3.63. The maximum Gasteiger partial charge on any atom is 0.0755 e. The van der Waals surface area contributed by atoms with Gasteiger partial charge in [0.05, 0.1) is 4.21 Å². The molecular formula is C9H8N2S2. The van der Waals surface area contributed by atoms with Gasteiger partial charge in [-0.25, -0.2) is 0 Å². The van der Waals surface area contributed by atoms with E-state index in [9.17, 15) is 0 Å². The average molecular weight is 208 g/mol. The molecule has 4 heteroatoms. The molecule has 0 unspecified atom stereocenters. The molecule has 0 aliphatic heterocycles. The molecule has 0 saturated carbocycles. The van der Waals surface area contributed by atoms with Crippen LogP contribution in [0.5, 0.6) is 0 Å². The van der Waals surface area contributed by atoms with Gasteiger partial charge in [0.25, 0.3) is 0 Å². The number of hydrogen-bond donors (Lipinski definition) is 1. The molecule has 0 saturated heterocycles. The molecule has 0 fully saturated rings. The number of rotatable bonds is 2. The summed E-state index contributed by atoms with van der Waals surface area (Å²) in [5, 5.41) is 5.45. The molecule has 0 aromatic carbocycles. The van der Waals surface area contributed by atoms with Gasteiger partial charge in [-0.1, -0.05) is 6.07 Å². The molecule has 2 aromatic rings. The van der Waals surface area contributed by atoms with E-state index in [1.165, 1.54) is 16.8 Å². The van der Waals surface area contributed by atoms with Crippen molar-refractivity contribution < 1.29 is 0 Å². The van der Waals surface area contributed by atoms with Gasteiger partial charge in [-0.3, -0.25) is 10.1 Å². The highest BCUT2D eigenvalue weighted by Crippen LogP contribution is 2.31. The van der Waals surface area contributed by atoms with E-state index < -0.39 is 0 Å². The lowest BCUT2D eigenvalue weighted by Crippen LogP contribution is -1.72. The fraction of sp³-hybridized carbons (Fsp3) is 0. The van der Waals surface area contributed by atoms with E-state index in [0.29, 0.717) is 0 Å². The maximum absolute atomic E-state index is 5.45. The predicted molar refractivity (Wildman–Crippen MR) is 57.6 cm³/mol. The third-order valence-electron chi connectivity index (χ3n) is 1.64. The minimum atomic E-state index is 1.12. The Morgan fingerprint density at radius 2 is 2.23 bits per heavy atom. The first-order chi connectivity index (χ1) is 6.40. The Kier molecular flexibility index (Phi) is 2.63. The van der Waals surface area contributed by atoms with Gasteiger partial charge in [0, 0.05) is 22.8 Å². The Hall–Kier alpha value is -0.840. The Morgan fingerprint density at radius 1 is 1.31 bits per heavy atom. The monoisotopic (exact) mass is 208 g/mol. The molecule has 0 aliphatic carbocycles. The van der Waals surface area contributed by atoms with Crippen LogP contribution in [0.1, 0.15) is 0 Å². The number of nitrogens with zero attached hydrogens (tertiary/aromatic N) is 1. The van der Waals surface area contributed by atoms with Gasteiger partial charge in [-0.2, -0.15) is 0 Å². The SMILES string of the molecule is NSc1ccc(-c2cccnc2)s1. The molecule has 0 atom stereocenters. The summed E-state index contributed by atoms with van der Waals surface area (Å²) in [5.74, 6) is 0. The zero-order chi connectivity index (χ0) is 9.10. The highest BCUT2D eigenvalue weighted by atomic mass is 32.2. The van der Waals surface area contributed by atoms with Crippen molar-refractivity contribution >= 4 is 23.3 Å². The average Bonchev–Trinajstić information content (AvgIpc) is 2.67. The van der Waals surface area contributed by atoms with Crippen molar-refractivity contribution in [2.24, 2.45) is 5.14 Å².